The van der Waals surface area contributed by atoms with E-state index in [1.165, 1.54) is 6.07 Å². The minimum Gasteiger partial charge on any atom is -0.313 e. The molecule has 0 aliphatic rings. The summed E-state index contributed by atoms with van der Waals surface area (Å²) in [7, 11) is 1.60. The van der Waals surface area contributed by atoms with Crippen molar-refractivity contribution in [1.82, 2.24) is 5.32 Å². The molecule has 0 saturated heterocycles. The highest BCUT2D eigenvalue weighted by atomic mass is 35.5. The first kappa shape index (κ1) is 16.1. The molecule has 21 heavy (non-hydrogen) atoms. The van der Waals surface area contributed by atoms with Crippen LogP contribution in [0, 0.1) is 17.5 Å². The van der Waals surface area contributed by atoms with E-state index in [4.69, 9.17) is 23.2 Å². The monoisotopic (exact) mass is 333 g/mol. The highest BCUT2D eigenvalue weighted by molar-refractivity contribution is 6.42. The van der Waals surface area contributed by atoms with Crippen LogP contribution in [0.4, 0.5) is 13.2 Å². The summed E-state index contributed by atoms with van der Waals surface area (Å²) in [5, 5.41) is 3.62. The van der Waals surface area contributed by atoms with Gasteiger partial charge in [-0.15, -0.1) is 0 Å². The number of hydrogen-bond acceptors (Lipinski definition) is 1. The van der Waals surface area contributed by atoms with Gasteiger partial charge in [-0.3, -0.25) is 0 Å². The number of hydrogen-bond donors (Lipinski definition) is 1. The van der Waals surface area contributed by atoms with E-state index in [2.05, 4.69) is 5.32 Å². The summed E-state index contributed by atoms with van der Waals surface area (Å²) in [5.41, 5.74) is 0.722. The van der Waals surface area contributed by atoms with Crippen LogP contribution in [0.2, 0.25) is 10.0 Å². The third-order valence-corrected chi connectivity index (χ3v) is 4.10. The van der Waals surface area contributed by atoms with Gasteiger partial charge in [-0.05, 0) is 31.2 Å². The van der Waals surface area contributed by atoms with Gasteiger partial charge in [0.05, 0.1) is 10.0 Å². The molecule has 0 aliphatic heterocycles. The van der Waals surface area contributed by atoms with Crippen molar-refractivity contribution in [2.45, 2.75) is 12.5 Å². The van der Waals surface area contributed by atoms with Crippen molar-refractivity contribution in [3.8, 4) is 0 Å². The number of rotatable bonds is 4. The molecule has 1 unspecified atom stereocenters. The van der Waals surface area contributed by atoms with Gasteiger partial charge in [0, 0.05) is 11.6 Å². The number of nitrogens with one attached hydrogen (secondary N) is 1. The minimum absolute atomic E-state index is 0.0347. The lowest BCUT2D eigenvalue weighted by Gasteiger charge is -2.19. The standard InChI is InChI=1S/C15H12Cl2F3N/c1-21-12(7-8-3-2-4-10(16)13(8)17)9-5-6-11(18)15(20)14(9)19/h2-6,12,21H,7H2,1H3. The van der Waals surface area contributed by atoms with Gasteiger partial charge in [-0.25, -0.2) is 13.2 Å². The van der Waals surface area contributed by atoms with Gasteiger partial charge in [0.15, 0.2) is 17.5 Å². The molecule has 0 aliphatic carbocycles. The number of likely N-dealkylation sites (N-methyl/N-ethyl adjacent to an activating group) is 1. The molecular formula is C15H12Cl2F3N. The smallest absolute Gasteiger partial charge is 0.194 e. The Morgan fingerprint density at radius 2 is 1.76 bits per heavy atom. The van der Waals surface area contributed by atoms with Crippen LogP contribution >= 0.6 is 23.2 Å². The van der Waals surface area contributed by atoms with E-state index in [1.54, 1.807) is 25.2 Å². The molecule has 0 amide bonds. The molecular weight excluding hydrogens is 322 g/mol. The summed E-state index contributed by atoms with van der Waals surface area (Å²) >= 11 is 12.0. The van der Waals surface area contributed by atoms with Crippen molar-refractivity contribution in [3.63, 3.8) is 0 Å². The Morgan fingerprint density at radius 3 is 2.43 bits per heavy atom. The topological polar surface area (TPSA) is 12.0 Å². The predicted molar refractivity (Wildman–Crippen MR) is 78.3 cm³/mol. The second-order valence-electron chi connectivity index (χ2n) is 4.52. The molecule has 2 aromatic carbocycles. The molecule has 0 fully saturated rings. The molecule has 0 heterocycles. The zero-order valence-corrected chi connectivity index (χ0v) is 12.6. The summed E-state index contributed by atoms with van der Waals surface area (Å²) in [6.45, 7) is 0. The van der Waals surface area contributed by atoms with Crippen molar-refractivity contribution >= 4 is 23.2 Å². The first-order valence-electron chi connectivity index (χ1n) is 6.19. The van der Waals surface area contributed by atoms with Crippen molar-refractivity contribution in [3.05, 3.63) is 69.0 Å². The van der Waals surface area contributed by atoms with E-state index < -0.39 is 23.5 Å². The third-order valence-electron chi connectivity index (χ3n) is 3.24. The average Bonchev–Trinajstić information content (AvgIpc) is 2.47. The van der Waals surface area contributed by atoms with Crippen molar-refractivity contribution in [2.75, 3.05) is 7.05 Å². The lowest BCUT2D eigenvalue weighted by atomic mass is 9.98. The van der Waals surface area contributed by atoms with Crippen LogP contribution in [0.15, 0.2) is 30.3 Å². The average molecular weight is 334 g/mol. The molecule has 0 spiro atoms. The SMILES string of the molecule is CNC(Cc1cccc(Cl)c1Cl)c1ccc(F)c(F)c1F. The van der Waals surface area contributed by atoms with Gasteiger partial charge in [-0.1, -0.05) is 41.4 Å². The fraction of sp³-hybridized carbons (Fsp3) is 0.200. The Labute approximate surface area is 130 Å². The first-order valence-corrected chi connectivity index (χ1v) is 6.94. The van der Waals surface area contributed by atoms with Crippen molar-refractivity contribution < 1.29 is 13.2 Å². The van der Waals surface area contributed by atoms with E-state index in [1.807, 2.05) is 0 Å². The molecule has 6 heteroatoms. The number of halogens is 5. The molecule has 112 valence electrons. The van der Waals surface area contributed by atoms with E-state index in [0.29, 0.717) is 15.6 Å². The summed E-state index contributed by atoms with van der Waals surface area (Å²) in [5.74, 6) is -3.90. The zero-order chi connectivity index (χ0) is 15.6. The molecule has 2 rings (SSSR count). The van der Waals surface area contributed by atoms with Crippen molar-refractivity contribution in [2.24, 2.45) is 0 Å². The molecule has 0 aromatic heterocycles. The van der Waals surface area contributed by atoms with E-state index in [0.717, 1.165) is 6.07 Å². The van der Waals surface area contributed by atoms with Gasteiger partial charge in [0.25, 0.3) is 0 Å². The van der Waals surface area contributed by atoms with Gasteiger partial charge in [0.1, 0.15) is 0 Å². The maximum Gasteiger partial charge on any atom is 0.194 e. The zero-order valence-electron chi connectivity index (χ0n) is 11.1. The Hall–Kier alpha value is -1.23. The highest BCUT2D eigenvalue weighted by Crippen LogP contribution is 2.30. The predicted octanol–water partition coefficient (Wildman–Crippen LogP) is 4.91. The van der Waals surface area contributed by atoms with Crippen LogP contribution in [0.25, 0.3) is 0 Å². The lowest BCUT2D eigenvalue weighted by Crippen LogP contribution is -2.21. The van der Waals surface area contributed by atoms with Gasteiger partial charge in [0.2, 0.25) is 0 Å². The normalized spacial score (nSPS) is 12.5. The van der Waals surface area contributed by atoms with Gasteiger partial charge in [-0.2, -0.15) is 0 Å². The summed E-state index contributed by atoms with van der Waals surface area (Å²) < 4.78 is 40.2. The van der Waals surface area contributed by atoms with Gasteiger partial charge < -0.3 is 5.32 Å². The summed E-state index contributed by atoms with van der Waals surface area (Å²) in [6.07, 6.45) is 0.290. The largest absolute Gasteiger partial charge is 0.313 e. The van der Waals surface area contributed by atoms with Crippen LogP contribution in [-0.4, -0.2) is 7.05 Å². The van der Waals surface area contributed by atoms with Crippen LogP contribution in [0.5, 0.6) is 0 Å². The highest BCUT2D eigenvalue weighted by Gasteiger charge is 2.21. The second kappa shape index (κ2) is 6.69. The quantitative estimate of drug-likeness (QED) is 0.783. The second-order valence-corrected chi connectivity index (χ2v) is 5.31. The first-order chi connectivity index (χ1) is 9.95. The van der Waals surface area contributed by atoms with Crippen LogP contribution in [-0.2, 0) is 6.42 Å². The van der Waals surface area contributed by atoms with E-state index >= 15 is 0 Å². The van der Waals surface area contributed by atoms with Crippen molar-refractivity contribution in [1.29, 1.82) is 0 Å². The van der Waals surface area contributed by atoms with E-state index in [-0.39, 0.29) is 12.0 Å². The molecule has 0 bridgehead atoms. The Kier molecular flexibility index (Phi) is 5.14. The van der Waals surface area contributed by atoms with Crippen LogP contribution < -0.4 is 5.32 Å². The van der Waals surface area contributed by atoms with Crippen LogP contribution in [0.1, 0.15) is 17.2 Å². The summed E-state index contributed by atoms with van der Waals surface area (Å²) in [4.78, 5) is 0. The lowest BCUT2D eigenvalue weighted by molar-refractivity contribution is 0.428. The Morgan fingerprint density at radius 1 is 1.05 bits per heavy atom. The maximum absolute atomic E-state index is 13.9. The molecule has 0 saturated carbocycles. The van der Waals surface area contributed by atoms with Gasteiger partial charge >= 0.3 is 0 Å². The molecule has 1 atom stereocenters. The fourth-order valence-electron chi connectivity index (χ4n) is 2.10. The molecule has 1 N–H and O–H groups in total. The molecule has 0 radical (unpaired) electrons. The maximum atomic E-state index is 13.9. The summed E-state index contributed by atoms with van der Waals surface area (Å²) in [6, 6.07) is 6.66. The third kappa shape index (κ3) is 3.34. The Balaban J connectivity index is 2.37. The number of benzene rings is 2. The molecule has 2 aromatic rings. The van der Waals surface area contributed by atoms with Crippen LogP contribution in [0.3, 0.4) is 0 Å². The van der Waals surface area contributed by atoms with E-state index in [9.17, 15) is 13.2 Å². The minimum atomic E-state index is -1.48. The molecule has 1 nitrogen and oxygen atoms in total. The fourth-order valence-corrected chi connectivity index (χ4v) is 2.50. The Bertz CT molecular complexity index is 662.